The molecule has 0 aliphatic carbocycles. The molecule has 1 amide bonds. The summed E-state index contributed by atoms with van der Waals surface area (Å²) in [4.78, 5) is 20.4. The number of benzene rings is 1. The SMILES string of the molecule is C=C(C(=O)NC)C(/C=C(/Cl)NC)=Nc1cccc(C(=N)N=CC)c1OC.CCC. The van der Waals surface area contributed by atoms with Gasteiger partial charge in [0, 0.05) is 20.3 Å². The first-order chi connectivity index (χ1) is 13.8. The van der Waals surface area contributed by atoms with Gasteiger partial charge in [-0.1, -0.05) is 44.5 Å². The third kappa shape index (κ3) is 8.31. The molecule has 0 bridgehead atoms. The number of methoxy groups -OCH3 is 1. The number of halogens is 1. The van der Waals surface area contributed by atoms with Crippen LogP contribution in [0.4, 0.5) is 5.69 Å². The average Bonchev–Trinajstić information content (AvgIpc) is 2.72. The van der Waals surface area contributed by atoms with Crippen LogP contribution in [0.3, 0.4) is 0 Å². The van der Waals surface area contributed by atoms with E-state index in [1.165, 1.54) is 32.9 Å². The third-order valence-electron chi connectivity index (χ3n) is 3.27. The normalized spacial score (nSPS) is 11.4. The van der Waals surface area contributed by atoms with Crippen molar-refractivity contribution >= 4 is 41.0 Å². The van der Waals surface area contributed by atoms with Crippen LogP contribution < -0.4 is 15.4 Å². The highest BCUT2D eigenvalue weighted by Gasteiger charge is 2.16. The summed E-state index contributed by atoms with van der Waals surface area (Å²) in [5, 5.41) is 13.6. The molecule has 3 N–H and O–H groups in total. The van der Waals surface area contributed by atoms with E-state index in [0.717, 1.165) is 0 Å². The van der Waals surface area contributed by atoms with Gasteiger partial charge in [0.25, 0.3) is 5.91 Å². The molecule has 0 saturated heterocycles. The lowest BCUT2D eigenvalue weighted by atomic mass is 10.1. The van der Waals surface area contributed by atoms with E-state index in [9.17, 15) is 4.79 Å². The van der Waals surface area contributed by atoms with E-state index < -0.39 is 0 Å². The Morgan fingerprint density at radius 1 is 1.31 bits per heavy atom. The van der Waals surface area contributed by atoms with Crippen LogP contribution in [0.1, 0.15) is 32.8 Å². The molecule has 0 unspecified atom stereocenters. The topological polar surface area (TPSA) is 98.9 Å². The Bertz CT molecular complexity index is 813. The Morgan fingerprint density at radius 3 is 2.41 bits per heavy atom. The molecule has 1 rings (SSSR count). The highest BCUT2D eigenvalue weighted by atomic mass is 35.5. The maximum absolute atomic E-state index is 12.0. The second-order valence-electron chi connectivity index (χ2n) is 5.60. The van der Waals surface area contributed by atoms with E-state index in [-0.39, 0.29) is 28.2 Å². The molecule has 0 saturated carbocycles. The van der Waals surface area contributed by atoms with Crippen LogP contribution in [0.25, 0.3) is 0 Å². The predicted molar refractivity (Wildman–Crippen MR) is 123 cm³/mol. The zero-order valence-electron chi connectivity index (χ0n) is 17.9. The van der Waals surface area contributed by atoms with Gasteiger partial charge in [0.15, 0.2) is 11.6 Å². The minimum Gasteiger partial charge on any atom is -0.494 e. The van der Waals surface area contributed by atoms with Crippen molar-refractivity contribution in [2.75, 3.05) is 21.2 Å². The number of carbonyl (C=O) groups is 1. The largest absolute Gasteiger partial charge is 0.494 e. The molecule has 0 atom stereocenters. The Balaban J connectivity index is 0.00000245. The number of hydrogen-bond donors (Lipinski definition) is 3. The Hall–Kier alpha value is -2.93. The number of nitrogens with zero attached hydrogens (tertiary/aromatic N) is 2. The fourth-order valence-corrected chi connectivity index (χ4v) is 2.09. The van der Waals surface area contributed by atoms with E-state index in [2.05, 4.69) is 41.0 Å². The predicted octanol–water partition coefficient (Wildman–Crippen LogP) is 4.20. The fourth-order valence-electron chi connectivity index (χ4n) is 1.99. The van der Waals surface area contributed by atoms with Crippen molar-refractivity contribution in [1.82, 2.24) is 10.6 Å². The Labute approximate surface area is 178 Å². The zero-order chi connectivity index (χ0) is 22.4. The summed E-state index contributed by atoms with van der Waals surface area (Å²) in [5.41, 5.74) is 1.28. The lowest BCUT2D eigenvalue weighted by Gasteiger charge is -2.12. The van der Waals surface area contributed by atoms with E-state index >= 15 is 0 Å². The Kier molecular flexibility index (Phi) is 12.7. The van der Waals surface area contributed by atoms with Crippen LogP contribution in [0, 0.1) is 5.41 Å². The summed E-state index contributed by atoms with van der Waals surface area (Å²) in [5.74, 6) is 0.00943. The van der Waals surface area contributed by atoms with Crippen molar-refractivity contribution in [3.63, 3.8) is 0 Å². The first kappa shape index (κ1) is 26.1. The summed E-state index contributed by atoms with van der Waals surface area (Å²) in [6.07, 6.45) is 4.26. The molecule has 0 aliphatic rings. The van der Waals surface area contributed by atoms with Gasteiger partial charge in [-0.15, -0.1) is 0 Å². The number of rotatable bonds is 7. The minimum absolute atomic E-state index is 0.0388. The van der Waals surface area contributed by atoms with Crippen LogP contribution in [-0.4, -0.2) is 44.9 Å². The van der Waals surface area contributed by atoms with Gasteiger partial charge in [-0.25, -0.2) is 9.98 Å². The number of allylic oxidation sites excluding steroid dienone is 1. The van der Waals surface area contributed by atoms with Crippen LogP contribution in [0.15, 0.2) is 51.6 Å². The maximum atomic E-state index is 12.0. The molecular weight excluding hydrogens is 390 g/mol. The van der Waals surface area contributed by atoms with E-state index in [0.29, 0.717) is 17.0 Å². The van der Waals surface area contributed by atoms with Crippen molar-refractivity contribution in [2.24, 2.45) is 9.98 Å². The molecule has 0 aliphatic heterocycles. The molecule has 29 heavy (non-hydrogen) atoms. The fraction of sp³-hybridized carbons (Fsp3) is 0.333. The first-order valence-electron chi connectivity index (χ1n) is 9.10. The first-order valence-corrected chi connectivity index (χ1v) is 9.48. The number of carbonyl (C=O) groups excluding carboxylic acids is 1. The van der Waals surface area contributed by atoms with Crippen LogP contribution >= 0.6 is 11.6 Å². The van der Waals surface area contributed by atoms with E-state index in [1.54, 1.807) is 32.2 Å². The van der Waals surface area contributed by atoms with Gasteiger partial charge in [-0.2, -0.15) is 0 Å². The zero-order valence-corrected chi connectivity index (χ0v) is 18.6. The summed E-state index contributed by atoms with van der Waals surface area (Å²) < 4.78 is 5.42. The highest BCUT2D eigenvalue weighted by molar-refractivity contribution is 6.34. The average molecular weight is 420 g/mol. The molecular formula is C21H30ClN5O2. The molecule has 0 aromatic heterocycles. The van der Waals surface area contributed by atoms with Gasteiger partial charge in [0.1, 0.15) is 10.8 Å². The molecule has 158 valence electrons. The maximum Gasteiger partial charge on any atom is 0.252 e. The van der Waals surface area contributed by atoms with Crippen molar-refractivity contribution in [2.45, 2.75) is 27.2 Å². The van der Waals surface area contributed by atoms with Gasteiger partial charge in [-0.3, -0.25) is 10.2 Å². The number of para-hydroxylation sites is 1. The third-order valence-corrected chi connectivity index (χ3v) is 3.56. The van der Waals surface area contributed by atoms with Gasteiger partial charge >= 0.3 is 0 Å². The summed E-state index contributed by atoms with van der Waals surface area (Å²) in [6, 6.07) is 5.13. The summed E-state index contributed by atoms with van der Waals surface area (Å²) in [6.45, 7) is 9.74. The highest BCUT2D eigenvalue weighted by Crippen LogP contribution is 2.32. The number of nitrogens with one attached hydrogen (secondary N) is 3. The molecule has 1 aromatic carbocycles. The van der Waals surface area contributed by atoms with Gasteiger partial charge in [-0.05, 0) is 25.1 Å². The second kappa shape index (κ2) is 14.1. The number of likely N-dealkylation sites (N-methyl/N-ethyl adjacent to an activating group) is 1. The van der Waals surface area contributed by atoms with Crippen LogP contribution in [0.2, 0.25) is 0 Å². The number of hydrogen-bond acceptors (Lipinski definition) is 5. The van der Waals surface area contributed by atoms with Crippen molar-refractivity contribution in [3.05, 3.63) is 47.1 Å². The number of aliphatic imine (C=N–C) groups is 2. The molecule has 0 radical (unpaired) electrons. The van der Waals surface area contributed by atoms with Gasteiger partial charge < -0.3 is 15.4 Å². The van der Waals surface area contributed by atoms with Crippen molar-refractivity contribution < 1.29 is 9.53 Å². The molecule has 0 heterocycles. The monoisotopic (exact) mass is 419 g/mol. The van der Waals surface area contributed by atoms with Crippen molar-refractivity contribution in [3.8, 4) is 5.75 Å². The smallest absolute Gasteiger partial charge is 0.252 e. The standard InChI is InChI=1S/C18H22ClN5O2.C3H8/c1-6-23-17(20)12-8-7-9-13(16(12)26-5)24-14(10-15(19)21-3)11(2)18(25)22-4;1-3-2/h6-10,20-21H,2H2,1,3-5H3,(H,22,25);3H2,1-2H3/b15-10-,20-17?,23-6?,24-14?;. The number of amidine groups is 1. The molecule has 0 fully saturated rings. The van der Waals surface area contributed by atoms with Gasteiger partial charge in [0.05, 0.1) is 24.0 Å². The second-order valence-corrected chi connectivity index (χ2v) is 6.01. The van der Waals surface area contributed by atoms with Crippen LogP contribution in [-0.2, 0) is 4.79 Å². The van der Waals surface area contributed by atoms with Crippen LogP contribution in [0.5, 0.6) is 5.75 Å². The van der Waals surface area contributed by atoms with E-state index in [4.69, 9.17) is 21.7 Å². The molecule has 1 aromatic rings. The summed E-state index contributed by atoms with van der Waals surface area (Å²) >= 11 is 6.03. The number of ether oxygens (including phenoxy) is 1. The lowest BCUT2D eigenvalue weighted by molar-refractivity contribution is -0.116. The number of amides is 1. The van der Waals surface area contributed by atoms with Crippen molar-refractivity contribution in [1.29, 1.82) is 5.41 Å². The Morgan fingerprint density at radius 2 is 1.93 bits per heavy atom. The quantitative estimate of drug-likeness (QED) is 0.267. The lowest BCUT2D eigenvalue weighted by Crippen LogP contribution is -2.23. The van der Waals surface area contributed by atoms with E-state index in [1.807, 2.05) is 0 Å². The molecule has 0 spiro atoms. The minimum atomic E-state index is -0.390. The molecule has 7 nitrogen and oxygen atoms in total. The molecule has 8 heteroatoms. The summed E-state index contributed by atoms with van der Waals surface area (Å²) in [7, 11) is 4.62. The van der Waals surface area contributed by atoms with Gasteiger partial charge in [0.2, 0.25) is 0 Å².